The first-order valence-corrected chi connectivity index (χ1v) is 8.40. The number of aryl methyl sites for hydroxylation is 2. The maximum Gasteiger partial charge on any atom is 0.182 e. The lowest BCUT2D eigenvalue weighted by atomic mass is 10.1. The van der Waals surface area contributed by atoms with E-state index < -0.39 is 5.97 Å². The minimum absolute atomic E-state index is 0.161. The van der Waals surface area contributed by atoms with Crippen LogP contribution in [0.5, 0.6) is 5.75 Å². The van der Waals surface area contributed by atoms with E-state index in [4.69, 9.17) is 4.74 Å². The zero-order valence-electron chi connectivity index (χ0n) is 12.3. The van der Waals surface area contributed by atoms with E-state index in [0.717, 1.165) is 21.3 Å². The number of aliphatic carboxylic acids is 1. The second-order valence-electron chi connectivity index (χ2n) is 4.84. The molecule has 1 aromatic heterocycles. The minimum Gasteiger partial charge on any atom is -0.550 e. The van der Waals surface area contributed by atoms with Crippen LogP contribution in [0.3, 0.4) is 0 Å². The van der Waals surface area contributed by atoms with Crippen LogP contribution in [-0.4, -0.2) is 24.1 Å². The van der Waals surface area contributed by atoms with Gasteiger partial charge in [-0.2, -0.15) is 0 Å². The van der Waals surface area contributed by atoms with Gasteiger partial charge in [0.2, 0.25) is 0 Å². The Kier molecular flexibility index (Phi) is 5.79. The van der Waals surface area contributed by atoms with Crippen LogP contribution in [0.4, 0.5) is 5.13 Å². The van der Waals surface area contributed by atoms with Gasteiger partial charge in [-0.3, -0.25) is 0 Å². The van der Waals surface area contributed by atoms with Crippen molar-refractivity contribution in [1.29, 1.82) is 0 Å². The number of anilines is 1. The van der Waals surface area contributed by atoms with Crippen molar-refractivity contribution in [3.63, 3.8) is 0 Å². The van der Waals surface area contributed by atoms with Gasteiger partial charge in [-0.25, -0.2) is 4.98 Å². The smallest absolute Gasteiger partial charge is 0.182 e. The SMILES string of the molecule is Cc1cc(Br)cc(C)c1OCCNc1nc(CC(=O)[O-])cs1. The normalized spacial score (nSPS) is 10.5. The summed E-state index contributed by atoms with van der Waals surface area (Å²) in [6, 6.07) is 4.03. The van der Waals surface area contributed by atoms with Crippen molar-refractivity contribution >= 4 is 38.4 Å². The Balaban J connectivity index is 1.82. The predicted molar refractivity (Wildman–Crippen MR) is 88.4 cm³/mol. The number of hydrogen-bond acceptors (Lipinski definition) is 6. The monoisotopic (exact) mass is 383 g/mol. The average Bonchev–Trinajstić information content (AvgIpc) is 2.83. The van der Waals surface area contributed by atoms with Crippen LogP contribution in [0.2, 0.25) is 0 Å². The van der Waals surface area contributed by atoms with Crippen LogP contribution in [0.25, 0.3) is 0 Å². The Morgan fingerprint density at radius 3 is 2.73 bits per heavy atom. The van der Waals surface area contributed by atoms with Crippen molar-refractivity contribution in [2.75, 3.05) is 18.5 Å². The second kappa shape index (κ2) is 7.60. The Morgan fingerprint density at radius 1 is 1.41 bits per heavy atom. The highest BCUT2D eigenvalue weighted by molar-refractivity contribution is 9.10. The van der Waals surface area contributed by atoms with Crippen molar-refractivity contribution < 1.29 is 14.6 Å². The van der Waals surface area contributed by atoms with Gasteiger partial charge >= 0.3 is 0 Å². The van der Waals surface area contributed by atoms with Gasteiger partial charge in [0, 0.05) is 22.2 Å². The maximum atomic E-state index is 10.5. The number of benzene rings is 1. The average molecular weight is 384 g/mol. The summed E-state index contributed by atoms with van der Waals surface area (Å²) in [7, 11) is 0. The molecule has 2 aromatic rings. The molecule has 0 spiro atoms. The largest absolute Gasteiger partial charge is 0.550 e. The molecular formula is C15H16BrN2O3S-. The molecule has 0 aliphatic heterocycles. The summed E-state index contributed by atoms with van der Waals surface area (Å²) in [6.07, 6.45) is -0.161. The number of carbonyl (C=O) groups is 1. The van der Waals surface area contributed by atoms with Gasteiger partial charge in [0.05, 0.1) is 12.2 Å². The van der Waals surface area contributed by atoms with Crippen molar-refractivity contribution in [2.45, 2.75) is 20.3 Å². The number of carbonyl (C=O) groups excluding carboxylic acids is 1. The van der Waals surface area contributed by atoms with E-state index >= 15 is 0 Å². The first-order valence-electron chi connectivity index (χ1n) is 6.73. The Bertz CT molecular complexity index is 650. The molecule has 22 heavy (non-hydrogen) atoms. The van der Waals surface area contributed by atoms with Crippen LogP contribution < -0.4 is 15.2 Å². The molecule has 0 fully saturated rings. The molecule has 2 rings (SSSR count). The molecule has 5 nitrogen and oxygen atoms in total. The molecule has 1 heterocycles. The lowest BCUT2D eigenvalue weighted by Crippen LogP contribution is -2.24. The topological polar surface area (TPSA) is 74.3 Å². The zero-order valence-corrected chi connectivity index (χ0v) is 14.7. The molecule has 0 aliphatic rings. The number of rotatable bonds is 7. The lowest BCUT2D eigenvalue weighted by Gasteiger charge is -2.12. The van der Waals surface area contributed by atoms with E-state index in [1.807, 2.05) is 26.0 Å². The molecule has 7 heteroatoms. The molecule has 1 aromatic carbocycles. The number of nitrogens with one attached hydrogen (secondary N) is 1. The summed E-state index contributed by atoms with van der Waals surface area (Å²) in [5.41, 5.74) is 2.67. The highest BCUT2D eigenvalue weighted by atomic mass is 79.9. The highest BCUT2D eigenvalue weighted by Gasteiger charge is 2.06. The summed E-state index contributed by atoms with van der Waals surface area (Å²) >= 11 is 4.83. The first-order chi connectivity index (χ1) is 10.5. The third-order valence-corrected chi connectivity index (χ3v) is 4.23. The van der Waals surface area contributed by atoms with Crippen molar-refractivity contribution in [1.82, 2.24) is 4.98 Å². The number of carboxylic acids is 1. The molecule has 0 unspecified atom stereocenters. The standard InChI is InChI=1S/C15H17BrN2O3S/c1-9-5-11(16)6-10(2)14(9)21-4-3-17-15-18-12(8-22-15)7-13(19)20/h5-6,8H,3-4,7H2,1-2H3,(H,17,18)(H,19,20)/p-1. The molecule has 118 valence electrons. The van der Waals surface area contributed by atoms with Crippen LogP contribution in [0.1, 0.15) is 16.8 Å². The fourth-order valence-electron chi connectivity index (χ4n) is 2.05. The molecule has 0 radical (unpaired) electrons. The Hall–Kier alpha value is -1.60. The number of halogens is 1. The van der Waals surface area contributed by atoms with Gasteiger partial charge in [-0.1, -0.05) is 15.9 Å². The van der Waals surface area contributed by atoms with Gasteiger partial charge < -0.3 is 20.0 Å². The third kappa shape index (κ3) is 4.71. The van der Waals surface area contributed by atoms with E-state index in [0.29, 0.717) is 24.0 Å². The molecular weight excluding hydrogens is 368 g/mol. The Labute approximate surface area is 141 Å². The maximum absolute atomic E-state index is 10.5. The van der Waals surface area contributed by atoms with E-state index in [-0.39, 0.29) is 6.42 Å². The lowest BCUT2D eigenvalue weighted by molar-refractivity contribution is -0.304. The van der Waals surface area contributed by atoms with Gasteiger partial charge in [-0.05, 0) is 37.1 Å². The van der Waals surface area contributed by atoms with Crippen molar-refractivity contribution in [2.24, 2.45) is 0 Å². The number of ether oxygens (including phenoxy) is 1. The summed E-state index contributed by atoms with van der Waals surface area (Å²) in [5.74, 6) is -0.233. The minimum atomic E-state index is -1.12. The fraction of sp³-hybridized carbons (Fsp3) is 0.333. The summed E-state index contributed by atoms with van der Waals surface area (Å²) in [6.45, 7) is 5.10. The highest BCUT2D eigenvalue weighted by Crippen LogP contribution is 2.27. The third-order valence-electron chi connectivity index (χ3n) is 2.93. The number of hydrogen-bond donors (Lipinski definition) is 1. The molecule has 0 bridgehead atoms. The van der Waals surface area contributed by atoms with Crippen LogP contribution >= 0.6 is 27.3 Å². The van der Waals surface area contributed by atoms with Crippen LogP contribution in [0.15, 0.2) is 22.0 Å². The van der Waals surface area contributed by atoms with Gasteiger partial charge in [0.15, 0.2) is 5.13 Å². The van der Waals surface area contributed by atoms with E-state index in [9.17, 15) is 9.90 Å². The Morgan fingerprint density at radius 2 is 2.09 bits per heavy atom. The van der Waals surface area contributed by atoms with Gasteiger partial charge in [0.1, 0.15) is 12.4 Å². The van der Waals surface area contributed by atoms with Gasteiger partial charge in [0.25, 0.3) is 0 Å². The summed E-state index contributed by atoms with van der Waals surface area (Å²) < 4.78 is 6.84. The molecule has 0 atom stereocenters. The molecule has 0 amide bonds. The van der Waals surface area contributed by atoms with Crippen molar-refractivity contribution in [3.05, 3.63) is 38.8 Å². The van der Waals surface area contributed by atoms with E-state index in [2.05, 4.69) is 26.2 Å². The molecule has 0 saturated carbocycles. The first kappa shape index (κ1) is 16.8. The number of carboxylic acid groups (broad SMARTS) is 1. The number of aromatic nitrogens is 1. The predicted octanol–water partition coefficient (Wildman–Crippen LogP) is 2.31. The molecule has 1 N–H and O–H groups in total. The molecule has 0 aliphatic carbocycles. The summed E-state index contributed by atoms with van der Waals surface area (Å²) in [4.78, 5) is 14.7. The van der Waals surface area contributed by atoms with Crippen LogP contribution in [-0.2, 0) is 11.2 Å². The zero-order chi connectivity index (χ0) is 16.1. The van der Waals surface area contributed by atoms with Crippen LogP contribution in [0, 0.1) is 13.8 Å². The quantitative estimate of drug-likeness (QED) is 0.742. The second-order valence-corrected chi connectivity index (χ2v) is 6.61. The molecule has 0 saturated heterocycles. The number of nitrogens with zero attached hydrogens (tertiary/aromatic N) is 1. The number of thiazole rings is 1. The van der Waals surface area contributed by atoms with Gasteiger partial charge in [-0.15, -0.1) is 11.3 Å². The summed E-state index contributed by atoms with van der Waals surface area (Å²) in [5, 5.41) is 16.0. The van der Waals surface area contributed by atoms with E-state index in [1.54, 1.807) is 5.38 Å². The van der Waals surface area contributed by atoms with Crippen molar-refractivity contribution in [3.8, 4) is 5.75 Å². The fourth-order valence-corrected chi connectivity index (χ4v) is 3.48. The van der Waals surface area contributed by atoms with E-state index in [1.165, 1.54) is 11.3 Å².